The van der Waals surface area contributed by atoms with Gasteiger partial charge in [0.25, 0.3) is 0 Å². The van der Waals surface area contributed by atoms with Crippen molar-refractivity contribution in [3.05, 3.63) is 29.8 Å². The summed E-state index contributed by atoms with van der Waals surface area (Å²) < 4.78 is 22.4. The molecule has 1 saturated heterocycles. The summed E-state index contributed by atoms with van der Waals surface area (Å²) >= 11 is 0. The van der Waals surface area contributed by atoms with Crippen molar-refractivity contribution in [3.8, 4) is 0 Å². The van der Waals surface area contributed by atoms with E-state index in [0.29, 0.717) is 19.0 Å². The van der Waals surface area contributed by atoms with Crippen molar-refractivity contribution >= 4 is 16.1 Å². The van der Waals surface area contributed by atoms with Crippen LogP contribution in [0.25, 0.3) is 0 Å². The van der Waals surface area contributed by atoms with Gasteiger partial charge in [-0.2, -0.15) is 0 Å². The van der Waals surface area contributed by atoms with Crippen LogP contribution in [0.15, 0.2) is 29.2 Å². The van der Waals surface area contributed by atoms with E-state index in [1.165, 1.54) is 12.1 Å². The van der Waals surface area contributed by atoms with Gasteiger partial charge in [-0.25, -0.2) is 18.4 Å². The second-order valence-electron chi connectivity index (χ2n) is 6.45. The Labute approximate surface area is 150 Å². The zero-order chi connectivity index (χ0) is 18.4. The van der Waals surface area contributed by atoms with Crippen LogP contribution < -0.4 is 10.5 Å². The zero-order valence-corrected chi connectivity index (χ0v) is 15.8. The van der Waals surface area contributed by atoms with Gasteiger partial charge in [0.05, 0.1) is 4.90 Å². The van der Waals surface area contributed by atoms with Gasteiger partial charge in [-0.05, 0) is 37.5 Å². The predicted octanol–water partition coefficient (Wildman–Crippen LogP) is 1.00. The fraction of sp³-hybridized carbons (Fsp3) is 0.588. The fourth-order valence-corrected chi connectivity index (χ4v) is 3.41. The van der Waals surface area contributed by atoms with Crippen LogP contribution in [0.5, 0.6) is 0 Å². The van der Waals surface area contributed by atoms with E-state index in [1.807, 2.05) is 4.90 Å². The number of amides is 2. The van der Waals surface area contributed by atoms with Gasteiger partial charge in [0, 0.05) is 38.8 Å². The number of sulfonamides is 1. The average Bonchev–Trinajstić information content (AvgIpc) is 2.60. The van der Waals surface area contributed by atoms with Crippen molar-refractivity contribution < 1.29 is 13.2 Å². The van der Waals surface area contributed by atoms with Crippen molar-refractivity contribution in [1.82, 2.24) is 15.1 Å². The number of primary sulfonamides is 1. The fourth-order valence-electron chi connectivity index (χ4n) is 2.90. The summed E-state index contributed by atoms with van der Waals surface area (Å²) in [7, 11) is -3.66. The molecule has 1 aliphatic rings. The third-order valence-corrected chi connectivity index (χ3v) is 5.69. The Morgan fingerprint density at radius 2 is 1.80 bits per heavy atom. The average molecular weight is 369 g/mol. The van der Waals surface area contributed by atoms with Crippen molar-refractivity contribution in [1.29, 1.82) is 0 Å². The third kappa shape index (κ3) is 5.69. The van der Waals surface area contributed by atoms with Crippen molar-refractivity contribution in [2.45, 2.75) is 37.6 Å². The lowest BCUT2D eigenvalue weighted by Crippen LogP contribution is -2.53. The van der Waals surface area contributed by atoms with Gasteiger partial charge in [-0.15, -0.1) is 0 Å². The molecule has 1 aromatic carbocycles. The highest BCUT2D eigenvalue weighted by molar-refractivity contribution is 7.89. The third-order valence-electron chi connectivity index (χ3n) is 4.76. The van der Waals surface area contributed by atoms with Crippen LogP contribution in [0.1, 0.15) is 25.8 Å². The Hall–Kier alpha value is -1.64. The summed E-state index contributed by atoms with van der Waals surface area (Å²) in [4.78, 5) is 16.6. The summed E-state index contributed by atoms with van der Waals surface area (Å²) in [5.41, 5.74) is 0.953. The number of rotatable bonds is 6. The molecule has 1 atom stereocenters. The maximum Gasteiger partial charge on any atom is 0.317 e. The number of carbonyl (C=O) groups excluding carboxylic acids is 1. The van der Waals surface area contributed by atoms with Crippen molar-refractivity contribution in [3.63, 3.8) is 0 Å². The number of piperazine rings is 1. The van der Waals surface area contributed by atoms with Crippen molar-refractivity contribution in [2.75, 3.05) is 32.7 Å². The lowest BCUT2D eigenvalue weighted by atomic mass is 10.1. The van der Waals surface area contributed by atoms with Crippen LogP contribution in [0.3, 0.4) is 0 Å². The predicted molar refractivity (Wildman–Crippen MR) is 97.8 cm³/mol. The molecule has 2 rings (SSSR count). The molecule has 1 unspecified atom stereocenters. The van der Waals surface area contributed by atoms with Gasteiger partial charge in [0.2, 0.25) is 10.0 Å². The minimum Gasteiger partial charge on any atom is -0.338 e. The van der Waals surface area contributed by atoms with E-state index < -0.39 is 10.0 Å². The molecule has 7 nitrogen and oxygen atoms in total. The van der Waals surface area contributed by atoms with Crippen LogP contribution in [0.4, 0.5) is 4.79 Å². The number of nitrogens with one attached hydrogen (secondary N) is 1. The lowest BCUT2D eigenvalue weighted by Gasteiger charge is -2.37. The van der Waals surface area contributed by atoms with Gasteiger partial charge in [0.1, 0.15) is 0 Å². The highest BCUT2D eigenvalue weighted by atomic mass is 32.2. The Morgan fingerprint density at radius 3 is 2.32 bits per heavy atom. The minimum absolute atomic E-state index is 0.0371. The maximum atomic E-state index is 12.2. The Kier molecular flexibility index (Phi) is 6.80. The molecular formula is C17H28N4O3S. The summed E-state index contributed by atoms with van der Waals surface area (Å²) in [6.07, 6.45) is 1.76. The van der Waals surface area contributed by atoms with Crippen molar-refractivity contribution in [2.24, 2.45) is 5.14 Å². The van der Waals surface area contributed by atoms with Crippen LogP contribution in [0.2, 0.25) is 0 Å². The van der Waals surface area contributed by atoms with Gasteiger partial charge in [-0.3, -0.25) is 4.90 Å². The SMILES string of the molecule is CCC(C)N1CCN(C(=O)NCCc2ccc(S(N)(=O)=O)cc2)CC1. The lowest BCUT2D eigenvalue weighted by molar-refractivity contribution is 0.112. The monoisotopic (exact) mass is 368 g/mol. The normalized spacial score (nSPS) is 17.3. The van der Waals surface area contributed by atoms with E-state index in [9.17, 15) is 13.2 Å². The Morgan fingerprint density at radius 1 is 1.20 bits per heavy atom. The van der Waals surface area contributed by atoms with Gasteiger partial charge < -0.3 is 10.2 Å². The van der Waals surface area contributed by atoms with Gasteiger partial charge in [-0.1, -0.05) is 19.1 Å². The van der Waals surface area contributed by atoms with Crippen LogP contribution in [-0.2, 0) is 16.4 Å². The van der Waals surface area contributed by atoms with E-state index in [2.05, 4.69) is 24.1 Å². The van der Waals surface area contributed by atoms with E-state index >= 15 is 0 Å². The van der Waals surface area contributed by atoms with Crippen LogP contribution in [0, 0.1) is 0 Å². The second-order valence-corrected chi connectivity index (χ2v) is 8.01. The number of nitrogens with two attached hydrogens (primary N) is 1. The number of carbonyl (C=O) groups is 1. The first-order chi connectivity index (χ1) is 11.8. The van der Waals surface area contributed by atoms with E-state index in [-0.39, 0.29) is 10.9 Å². The number of nitrogens with zero attached hydrogens (tertiary/aromatic N) is 2. The molecular weight excluding hydrogens is 340 g/mol. The van der Waals surface area contributed by atoms with E-state index in [1.54, 1.807) is 12.1 Å². The van der Waals surface area contributed by atoms with Gasteiger partial charge >= 0.3 is 6.03 Å². The Bertz CT molecular complexity index is 668. The summed E-state index contributed by atoms with van der Waals surface area (Å²) in [5, 5.41) is 8.00. The number of urea groups is 1. The standard InChI is InChI=1S/C17H28N4O3S/c1-3-14(2)20-10-12-21(13-11-20)17(22)19-9-8-15-4-6-16(7-5-15)25(18,23)24/h4-7,14H,3,8-13H2,1-2H3,(H,19,22)(H2,18,23,24). The molecule has 1 aromatic rings. The smallest absolute Gasteiger partial charge is 0.317 e. The molecule has 2 amide bonds. The number of hydrogen-bond donors (Lipinski definition) is 2. The molecule has 1 fully saturated rings. The van der Waals surface area contributed by atoms with Crippen LogP contribution in [-0.4, -0.2) is 63.0 Å². The molecule has 1 aliphatic heterocycles. The molecule has 0 saturated carbocycles. The van der Waals surface area contributed by atoms with E-state index in [4.69, 9.17) is 5.14 Å². The minimum atomic E-state index is -3.66. The zero-order valence-electron chi connectivity index (χ0n) is 14.9. The number of benzene rings is 1. The molecule has 140 valence electrons. The van der Waals surface area contributed by atoms with Crippen LogP contribution >= 0.6 is 0 Å². The largest absolute Gasteiger partial charge is 0.338 e. The molecule has 0 aromatic heterocycles. The molecule has 3 N–H and O–H groups in total. The first-order valence-electron chi connectivity index (χ1n) is 8.70. The number of hydrogen-bond acceptors (Lipinski definition) is 4. The molecule has 0 bridgehead atoms. The maximum absolute atomic E-state index is 12.2. The quantitative estimate of drug-likeness (QED) is 0.783. The molecule has 25 heavy (non-hydrogen) atoms. The molecule has 8 heteroatoms. The first-order valence-corrected chi connectivity index (χ1v) is 10.2. The topological polar surface area (TPSA) is 95.7 Å². The van der Waals surface area contributed by atoms with Gasteiger partial charge in [0.15, 0.2) is 0 Å². The summed E-state index contributed by atoms with van der Waals surface area (Å²) in [6, 6.07) is 6.94. The van der Waals surface area contributed by atoms with E-state index in [0.717, 1.165) is 38.2 Å². The molecule has 0 aliphatic carbocycles. The highest BCUT2D eigenvalue weighted by Crippen LogP contribution is 2.10. The highest BCUT2D eigenvalue weighted by Gasteiger charge is 2.22. The first kappa shape index (κ1) is 19.7. The Balaban J connectivity index is 1.74. The molecule has 0 spiro atoms. The molecule has 0 radical (unpaired) electrons. The molecule has 1 heterocycles. The summed E-state index contributed by atoms with van der Waals surface area (Å²) in [6.45, 7) is 8.24. The summed E-state index contributed by atoms with van der Waals surface area (Å²) in [5.74, 6) is 0. The second kappa shape index (κ2) is 8.64.